The lowest BCUT2D eigenvalue weighted by molar-refractivity contribution is 0.176. The minimum atomic E-state index is -1.41. The predicted octanol–water partition coefficient (Wildman–Crippen LogP) is 2.81. The SMILES string of the molecule is CN(Cc1cc(F)c(F)c(F)c1)C1CCC(N)CC1. The smallest absolute Gasteiger partial charge is 0.194 e. The third-order valence-corrected chi connectivity index (χ3v) is 3.84. The molecule has 2 N–H and O–H groups in total. The third-order valence-electron chi connectivity index (χ3n) is 3.84. The molecule has 0 aromatic heterocycles. The highest BCUT2D eigenvalue weighted by molar-refractivity contribution is 5.19. The van der Waals surface area contributed by atoms with E-state index in [9.17, 15) is 13.2 Å². The molecule has 106 valence electrons. The van der Waals surface area contributed by atoms with E-state index in [0.717, 1.165) is 37.8 Å². The van der Waals surface area contributed by atoms with E-state index in [-0.39, 0.29) is 6.04 Å². The molecule has 1 aromatic carbocycles. The van der Waals surface area contributed by atoms with Crippen molar-refractivity contribution in [2.75, 3.05) is 7.05 Å². The van der Waals surface area contributed by atoms with Crippen molar-refractivity contribution in [1.82, 2.24) is 4.90 Å². The first-order valence-electron chi connectivity index (χ1n) is 6.56. The number of nitrogens with two attached hydrogens (primary N) is 1. The highest BCUT2D eigenvalue weighted by atomic mass is 19.2. The van der Waals surface area contributed by atoms with E-state index in [2.05, 4.69) is 4.90 Å². The molecule has 1 fully saturated rings. The fourth-order valence-electron chi connectivity index (χ4n) is 2.66. The van der Waals surface area contributed by atoms with Gasteiger partial charge in [0.25, 0.3) is 0 Å². The van der Waals surface area contributed by atoms with Crippen LogP contribution in [0.3, 0.4) is 0 Å². The Labute approximate surface area is 111 Å². The molecule has 0 saturated heterocycles. The van der Waals surface area contributed by atoms with E-state index >= 15 is 0 Å². The van der Waals surface area contributed by atoms with E-state index in [1.807, 2.05) is 7.05 Å². The van der Waals surface area contributed by atoms with E-state index in [0.29, 0.717) is 18.2 Å². The molecule has 0 aliphatic heterocycles. The summed E-state index contributed by atoms with van der Waals surface area (Å²) in [7, 11) is 1.92. The molecule has 19 heavy (non-hydrogen) atoms. The van der Waals surface area contributed by atoms with Crippen LogP contribution in [0.25, 0.3) is 0 Å². The Hall–Kier alpha value is -1.07. The summed E-state index contributed by atoms with van der Waals surface area (Å²) in [6.45, 7) is 0.411. The second-order valence-corrected chi connectivity index (χ2v) is 5.36. The van der Waals surface area contributed by atoms with Gasteiger partial charge in [0.15, 0.2) is 17.5 Å². The minimum absolute atomic E-state index is 0.269. The molecule has 2 rings (SSSR count). The van der Waals surface area contributed by atoms with Crippen molar-refractivity contribution in [3.8, 4) is 0 Å². The summed E-state index contributed by atoms with van der Waals surface area (Å²) in [4.78, 5) is 2.05. The van der Waals surface area contributed by atoms with Crippen LogP contribution in [0.5, 0.6) is 0 Å². The Bertz CT molecular complexity index is 419. The maximum atomic E-state index is 13.1. The average molecular weight is 272 g/mol. The van der Waals surface area contributed by atoms with Gasteiger partial charge in [0.2, 0.25) is 0 Å². The number of nitrogens with zero attached hydrogens (tertiary/aromatic N) is 1. The lowest BCUT2D eigenvalue weighted by atomic mass is 9.91. The molecule has 0 spiro atoms. The Kier molecular flexibility index (Phi) is 4.47. The number of halogens is 3. The van der Waals surface area contributed by atoms with Crippen molar-refractivity contribution < 1.29 is 13.2 Å². The van der Waals surface area contributed by atoms with Crippen molar-refractivity contribution in [3.05, 3.63) is 35.1 Å². The van der Waals surface area contributed by atoms with Crippen LogP contribution in [-0.2, 0) is 6.54 Å². The van der Waals surface area contributed by atoms with Gasteiger partial charge in [-0.3, -0.25) is 4.90 Å². The molecular formula is C14H19F3N2. The maximum Gasteiger partial charge on any atom is 0.194 e. The molecule has 0 unspecified atom stereocenters. The summed E-state index contributed by atoms with van der Waals surface area (Å²) in [5.74, 6) is -3.67. The highest BCUT2D eigenvalue weighted by Crippen LogP contribution is 2.23. The fraction of sp³-hybridized carbons (Fsp3) is 0.571. The number of hydrogen-bond donors (Lipinski definition) is 1. The van der Waals surface area contributed by atoms with Crippen LogP contribution in [-0.4, -0.2) is 24.0 Å². The number of hydrogen-bond acceptors (Lipinski definition) is 2. The zero-order valence-corrected chi connectivity index (χ0v) is 11.0. The summed E-state index contributed by atoms with van der Waals surface area (Å²) in [6, 6.07) is 2.76. The molecule has 5 heteroatoms. The van der Waals surface area contributed by atoms with Gasteiger partial charge in [-0.15, -0.1) is 0 Å². The van der Waals surface area contributed by atoms with Gasteiger partial charge in [-0.25, -0.2) is 13.2 Å². The monoisotopic (exact) mass is 272 g/mol. The molecule has 0 heterocycles. The molecule has 0 radical (unpaired) electrons. The van der Waals surface area contributed by atoms with Gasteiger partial charge in [0.05, 0.1) is 0 Å². The molecule has 1 saturated carbocycles. The van der Waals surface area contributed by atoms with E-state index < -0.39 is 17.5 Å². The normalized spacial score (nSPS) is 23.9. The topological polar surface area (TPSA) is 29.3 Å². The van der Waals surface area contributed by atoms with Crippen molar-refractivity contribution in [3.63, 3.8) is 0 Å². The Balaban J connectivity index is 2.00. The predicted molar refractivity (Wildman–Crippen MR) is 68.0 cm³/mol. The van der Waals surface area contributed by atoms with Gasteiger partial charge < -0.3 is 5.73 Å². The first-order valence-corrected chi connectivity index (χ1v) is 6.56. The molecule has 0 atom stereocenters. The molecular weight excluding hydrogens is 253 g/mol. The van der Waals surface area contributed by atoms with Crippen LogP contribution in [0.1, 0.15) is 31.2 Å². The van der Waals surface area contributed by atoms with Crippen LogP contribution in [0.15, 0.2) is 12.1 Å². The van der Waals surface area contributed by atoms with Gasteiger partial charge >= 0.3 is 0 Å². The Morgan fingerprint density at radius 3 is 2.16 bits per heavy atom. The summed E-state index contributed by atoms with van der Waals surface area (Å²) >= 11 is 0. The lowest BCUT2D eigenvalue weighted by Crippen LogP contribution is -2.38. The standard InChI is InChI=1S/C14H19F3N2/c1-19(11-4-2-10(18)3-5-11)8-9-6-12(15)14(17)13(16)7-9/h6-7,10-11H,2-5,8,18H2,1H3. The van der Waals surface area contributed by atoms with E-state index in [1.54, 1.807) is 0 Å². The number of benzene rings is 1. The van der Waals surface area contributed by atoms with Gasteiger partial charge in [0.1, 0.15) is 0 Å². The van der Waals surface area contributed by atoms with Gasteiger partial charge in [0, 0.05) is 18.6 Å². The van der Waals surface area contributed by atoms with Crippen LogP contribution in [0.4, 0.5) is 13.2 Å². The molecule has 1 aromatic rings. The van der Waals surface area contributed by atoms with Crippen LogP contribution in [0.2, 0.25) is 0 Å². The zero-order chi connectivity index (χ0) is 14.0. The maximum absolute atomic E-state index is 13.1. The summed E-state index contributed by atoms with van der Waals surface area (Å²) in [5.41, 5.74) is 6.30. The number of rotatable bonds is 3. The lowest BCUT2D eigenvalue weighted by Gasteiger charge is -2.33. The molecule has 1 aliphatic carbocycles. The molecule has 0 amide bonds. The summed E-state index contributed by atoms with van der Waals surface area (Å²) in [5, 5.41) is 0. The Morgan fingerprint density at radius 2 is 1.63 bits per heavy atom. The van der Waals surface area contributed by atoms with Crippen LogP contribution < -0.4 is 5.73 Å². The van der Waals surface area contributed by atoms with Crippen LogP contribution in [0, 0.1) is 17.5 Å². The van der Waals surface area contributed by atoms with Gasteiger partial charge in [-0.1, -0.05) is 0 Å². The van der Waals surface area contributed by atoms with E-state index in [4.69, 9.17) is 5.73 Å². The van der Waals surface area contributed by atoms with Crippen molar-refractivity contribution >= 4 is 0 Å². The van der Waals surface area contributed by atoms with Crippen LogP contribution >= 0.6 is 0 Å². The Morgan fingerprint density at radius 1 is 1.11 bits per heavy atom. The first kappa shape index (κ1) is 14.3. The van der Waals surface area contributed by atoms with Crippen molar-refractivity contribution in [2.24, 2.45) is 5.73 Å². The van der Waals surface area contributed by atoms with Crippen molar-refractivity contribution in [2.45, 2.75) is 44.3 Å². The molecule has 1 aliphatic rings. The molecule has 2 nitrogen and oxygen atoms in total. The second kappa shape index (κ2) is 5.92. The summed E-state index contributed by atoms with van der Waals surface area (Å²) in [6.07, 6.45) is 3.93. The highest BCUT2D eigenvalue weighted by Gasteiger charge is 2.22. The fourth-order valence-corrected chi connectivity index (χ4v) is 2.66. The van der Waals surface area contributed by atoms with Gasteiger partial charge in [-0.05, 0) is 50.4 Å². The average Bonchev–Trinajstić information content (AvgIpc) is 2.36. The van der Waals surface area contributed by atoms with E-state index in [1.165, 1.54) is 0 Å². The minimum Gasteiger partial charge on any atom is -0.328 e. The zero-order valence-electron chi connectivity index (χ0n) is 11.0. The molecule has 0 bridgehead atoms. The van der Waals surface area contributed by atoms with Gasteiger partial charge in [-0.2, -0.15) is 0 Å². The summed E-state index contributed by atoms with van der Waals surface area (Å²) < 4.78 is 39.1. The first-order chi connectivity index (χ1) is 8.97. The largest absolute Gasteiger partial charge is 0.328 e. The van der Waals surface area contributed by atoms with Crippen molar-refractivity contribution in [1.29, 1.82) is 0 Å². The third kappa shape index (κ3) is 3.48. The second-order valence-electron chi connectivity index (χ2n) is 5.36. The quantitative estimate of drug-likeness (QED) is 0.857.